The normalized spacial score (nSPS) is 16.7. The molecular weight excluding hydrogens is 627 g/mol. The molecule has 4 aromatic rings. The van der Waals surface area contributed by atoms with E-state index in [0.29, 0.717) is 41.5 Å². The van der Waals surface area contributed by atoms with Crippen molar-refractivity contribution in [2.45, 2.75) is 77.6 Å². The summed E-state index contributed by atoms with van der Waals surface area (Å²) in [5.74, 6) is -0.871. The molecule has 1 fully saturated rings. The second-order valence-electron chi connectivity index (χ2n) is 12.8. The van der Waals surface area contributed by atoms with Crippen LogP contribution in [0.2, 0.25) is 5.02 Å². The zero-order valence-corrected chi connectivity index (χ0v) is 28.2. The fourth-order valence-electron chi connectivity index (χ4n) is 5.94. The molecule has 0 spiro atoms. The summed E-state index contributed by atoms with van der Waals surface area (Å²) in [6.45, 7) is 7.07. The molecule has 0 radical (unpaired) electrons. The highest BCUT2D eigenvalue weighted by atomic mass is 35.5. The summed E-state index contributed by atoms with van der Waals surface area (Å²) in [6, 6.07) is 16.8. The molecule has 0 saturated heterocycles. The Bertz CT molecular complexity index is 1790. The number of thiophene rings is 1. The smallest absolute Gasteiger partial charge is 0.410 e. The van der Waals surface area contributed by atoms with E-state index in [-0.39, 0.29) is 51.4 Å². The number of nitrogens with zero attached hydrogens (tertiary/aromatic N) is 2. The highest BCUT2D eigenvalue weighted by Crippen LogP contribution is 2.40. The molecule has 0 bridgehead atoms. The molecule has 5 rings (SSSR count). The third-order valence-electron chi connectivity index (χ3n) is 8.42. The van der Waals surface area contributed by atoms with Crippen LogP contribution >= 0.6 is 22.9 Å². The molecule has 7 nitrogen and oxygen atoms in total. The van der Waals surface area contributed by atoms with E-state index in [2.05, 4.69) is 0 Å². The summed E-state index contributed by atoms with van der Waals surface area (Å²) >= 11 is 7.81. The molecule has 1 aromatic heterocycles. The van der Waals surface area contributed by atoms with Gasteiger partial charge < -0.3 is 19.6 Å². The summed E-state index contributed by atoms with van der Waals surface area (Å²) in [5, 5.41) is 11.3. The van der Waals surface area contributed by atoms with Crippen LogP contribution in [0.15, 0.2) is 60.7 Å². The van der Waals surface area contributed by atoms with E-state index in [4.69, 9.17) is 16.3 Å². The predicted molar refractivity (Wildman–Crippen MR) is 180 cm³/mol. The van der Waals surface area contributed by atoms with E-state index in [1.54, 1.807) is 53.2 Å². The fraction of sp³-hybridized carbons (Fsp3) is 0.361. The van der Waals surface area contributed by atoms with Crippen molar-refractivity contribution in [3.8, 4) is 16.9 Å². The Kier molecular flexibility index (Phi) is 9.75. The highest BCUT2D eigenvalue weighted by molar-refractivity contribution is 7.21. The Morgan fingerprint density at radius 1 is 0.978 bits per heavy atom. The number of aromatic hydroxyl groups is 1. The van der Waals surface area contributed by atoms with Gasteiger partial charge in [-0.25, -0.2) is 9.18 Å². The monoisotopic (exact) mass is 664 g/mol. The first kappa shape index (κ1) is 33.4. The van der Waals surface area contributed by atoms with Crippen LogP contribution in [0.4, 0.5) is 9.18 Å². The lowest BCUT2D eigenvalue weighted by molar-refractivity contribution is 0.0144. The zero-order valence-electron chi connectivity index (χ0n) is 26.6. The fourth-order valence-corrected chi connectivity index (χ4v) is 7.45. The number of phenolic OH excluding ortho intramolecular Hbond substituents is 1. The van der Waals surface area contributed by atoms with Crippen LogP contribution in [0.25, 0.3) is 21.2 Å². The molecule has 3 aromatic carbocycles. The van der Waals surface area contributed by atoms with Crippen LogP contribution in [0.1, 0.15) is 79.0 Å². The number of fused-ring (bicyclic) bond motifs is 1. The third kappa shape index (κ3) is 7.21. The van der Waals surface area contributed by atoms with Gasteiger partial charge >= 0.3 is 6.09 Å². The molecule has 242 valence electrons. The number of Topliss-reactive ketones (excluding diaryl/α,β-unsaturated/α-hetero) is 1. The number of rotatable bonds is 7. The van der Waals surface area contributed by atoms with Crippen LogP contribution in [0.5, 0.6) is 5.75 Å². The molecule has 1 heterocycles. The lowest BCUT2D eigenvalue weighted by atomic mass is 9.89. The molecule has 1 N–H and O–H groups in total. The number of amides is 2. The molecule has 2 amide bonds. The van der Waals surface area contributed by atoms with Crippen LogP contribution < -0.4 is 0 Å². The molecule has 1 aliphatic rings. The van der Waals surface area contributed by atoms with Gasteiger partial charge in [0.25, 0.3) is 5.91 Å². The number of hydrogen-bond acceptors (Lipinski definition) is 6. The predicted octanol–water partition coefficient (Wildman–Crippen LogP) is 9.09. The van der Waals surface area contributed by atoms with Crippen molar-refractivity contribution in [2.24, 2.45) is 0 Å². The molecular formula is C36H38ClFN2O5S. The Hall–Kier alpha value is -3.95. The van der Waals surface area contributed by atoms with E-state index in [0.717, 1.165) is 22.5 Å². The minimum Gasteiger partial charge on any atom is -0.508 e. The van der Waals surface area contributed by atoms with E-state index >= 15 is 0 Å². The summed E-state index contributed by atoms with van der Waals surface area (Å²) < 4.78 is 20.9. The van der Waals surface area contributed by atoms with Crippen molar-refractivity contribution in [1.82, 2.24) is 9.80 Å². The molecule has 0 aliphatic heterocycles. The molecule has 0 unspecified atom stereocenters. The van der Waals surface area contributed by atoms with Crippen molar-refractivity contribution < 1.29 is 28.6 Å². The quantitative estimate of drug-likeness (QED) is 0.199. The van der Waals surface area contributed by atoms with Crippen molar-refractivity contribution in [3.63, 3.8) is 0 Å². The highest BCUT2D eigenvalue weighted by Gasteiger charge is 2.35. The van der Waals surface area contributed by atoms with E-state index < -0.39 is 17.5 Å². The number of ketones is 1. The van der Waals surface area contributed by atoms with Crippen LogP contribution in [-0.4, -0.2) is 57.4 Å². The Balaban J connectivity index is 1.47. The number of carbonyl (C=O) groups is 3. The van der Waals surface area contributed by atoms with Gasteiger partial charge in [-0.05, 0) is 94.8 Å². The van der Waals surface area contributed by atoms with E-state index in [9.17, 15) is 23.9 Å². The molecule has 1 saturated carbocycles. The SMILES string of the molecule is CC(=O)c1cccc(-c2ccc(O)c(CN(C(=O)c3sc4cccc(F)c4c3Cl)[C@H]3CC[C@H](N(C)C(=O)OC(C)(C)C)CC3)c2)c1. The lowest BCUT2D eigenvalue weighted by Crippen LogP contribution is -2.47. The van der Waals surface area contributed by atoms with Crippen LogP contribution in [0, 0.1) is 5.82 Å². The first-order chi connectivity index (χ1) is 21.7. The Labute approximate surface area is 277 Å². The number of benzene rings is 3. The van der Waals surface area contributed by atoms with Gasteiger partial charge in [0.05, 0.1) is 5.02 Å². The van der Waals surface area contributed by atoms with Gasteiger partial charge in [-0.3, -0.25) is 9.59 Å². The average Bonchev–Trinajstić information content (AvgIpc) is 3.36. The van der Waals surface area contributed by atoms with E-state index in [1.807, 2.05) is 39.0 Å². The maximum absolute atomic E-state index is 14.8. The van der Waals surface area contributed by atoms with Gasteiger partial charge in [0.15, 0.2) is 5.78 Å². The zero-order chi connectivity index (χ0) is 33.3. The molecule has 46 heavy (non-hydrogen) atoms. The van der Waals surface area contributed by atoms with Gasteiger partial charge in [-0.15, -0.1) is 11.3 Å². The van der Waals surface area contributed by atoms with Crippen LogP contribution in [0.3, 0.4) is 0 Å². The van der Waals surface area contributed by atoms with Gasteiger partial charge in [0.1, 0.15) is 22.0 Å². The average molecular weight is 665 g/mol. The second-order valence-corrected chi connectivity index (χ2v) is 14.3. The number of carbonyl (C=O) groups excluding carboxylic acids is 3. The summed E-state index contributed by atoms with van der Waals surface area (Å²) in [4.78, 5) is 42.7. The van der Waals surface area contributed by atoms with Gasteiger partial charge in [-0.1, -0.05) is 41.9 Å². The molecule has 10 heteroatoms. The van der Waals surface area contributed by atoms with Crippen molar-refractivity contribution in [3.05, 3.63) is 87.5 Å². The lowest BCUT2D eigenvalue weighted by Gasteiger charge is -2.40. The molecule has 0 atom stereocenters. The summed E-state index contributed by atoms with van der Waals surface area (Å²) in [6.07, 6.45) is 2.09. The first-order valence-corrected chi connectivity index (χ1v) is 16.5. The van der Waals surface area contributed by atoms with Gasteiger partial charge in [0.2, 0.25) is 0 Å². The van der Waals surface area contributed by atoms with E-state index in [1.165, 1.54) is 13.0 Å². The van der Waals surface area contributed by atoms with Crippen molar-refractivity contribution >= 4 is 50.8 Å². The second kappa shape index (κ2) is 13.4. The maximum Gasteiger partial charge on any atom is 0.410 e. The van der Waals surface area contributed by atoms with Crippen molar-refractivity contribution in [1.29, 1.82) is 0 Å². The molecule has 1 aliphatic carbocycles. The summed E-state index contributed by atoms with van der Waals surface area (Å²) in [5.41, 5.74) is 2.08. The van der Waals surface area contributed by atoms with Gasteiger partial charge in [-0.2, -0.15) is 0 Å². The minimum absolute atomic E-state index is 0.0242. The number of hydrogen-bond donors (Lipinski definition) is 1. The van der Waals surface area contributed by atoms with Gasteiger partial charge in [0, 0.05) is 46.9 Å². The first-order valence-electron chi connectivity index (χ1n) is 15.3. The number of halogens is 2. The topological polar surface area (TPSA) is 87.2 Å². The Morgan fingerprint density at radius 2 is 1.63 bits per heavy atom. The number of ether oxygens (including phenoxy) is 1. The summed E-state index contributed by atoms with van der Waals surface area (Å²) in [7, 11) is 1.73. The minimum atomic E-state index is -0.612. The maximum atomic E-state index is 14.8. The van der Waals surface area contributed by atoms with Crippen molar-refractivity contribution in [2.75, 3.05) is 7.05 Å². The largest absolute Gasteiger partial charge is 0.508 e. The Morgan fingerprint density at radius 3 is 2.28 bits per heavy atom. The standard InChI is InChI=1S/C36H38ClFN2O5S/c1-21(41)22-8-6-9-23(18-22)24-12-17-29(42)25(19-24)20-40(34(43)33-32(37)31-28(38)10-7-11-30(31)46-33)27-15-13-26(14-16-27)39(5)35(44)45-36(2,3)4/h6-12,17-19,26-27,42H,13-16,20H2,1-5H3/t26-,27-. The van der Waals surface area contributed by atoms with Crippen LogP contribution in [-0.2, 0) is 11.3 Å². The number of phenols is 1. The third-order valence-corrected chi connectivity index (χ3v) is 10.1.